The van der Waals surface area contributed by atoms with Crippen LogP contribution in [0.4, 0.5) is 0 Å². The van der Waals surface area contributed by atoms with E-state index in [2.05, 4.69) is 50.4 Å². The molecule has 0 saturated carbocycles. The molecule has 21 heavy (non-hydrogen) atoms. The number of aliphatic hydroxyl groups excluding tert-OH is 1. The number of hydrogen-bond donors (Lipinski definition) is 2. The van der Waals surface area contributed by atoms with Gasteiger partial charge in [-0.1, -0.05) is 38.1 Å². The third kappa shape index (κ3) is 4.29. The minimum Gasteiger partial charge on any atom is -0.396 e. The summed E-state index contributed by atoms with van der Waals surface area (Å²) >= 11 is 0. The molecular formula is C18H29NO2. The maximum atomic E-state index is 9.73. The van der Waals surface area contributed by atoms with Crippen LogP contribution in [0, 0.1) is 5.41 Å². The molecule has 1 heterocycles. The Morgan fingerprint density at radius 2 is 1.67 bits per heavy atom. The lowest BCUT2D eigenvalue weighted by Crippen LogP contribution is -2.42. The molecule has 0 amide bonds. The molecule has 118 valence electrons. The number of benzene rings is 1. The van der Waals surface area contributed by atoms with Gasteiger partial charge in [-0.25, -0.2) is 0 Å². The van der Waals surface area contributed by atoms with Crippen molar-refractivity contribution >= 4 is 0 Å². The van der Waals surface area contributed by atoms with E-state index in [-0.39, 0.29) is 12.0 Å². The fourth-order valence-electron chi connectivity index (χ4n) is 2.85. The van der Waals surface area contributed by atoms with Crippen molar-refractivity contribution in [3.8, 4) is 0 Å². The highest BCUT2D eigenvalue weighted by Crippen LogP contribution is 2.30. The van der Waals surface area contributed by atoms with Crippen molar-refractivity contribution in [3.63, 3.8) is 0 Å². The van der Waals surface area contributed by atoms with Gasteiger partial charge in [0.2, 0.25) is 0 Å². The van der Waals surface area contributed by atoms with Gasteiger partial charge in [0.25, 0.3) is 0 Å². The lowest BCUT2D eigenvalue weighted by molar-refractivity contribution is -0.0163. The van der Waals surface area contributed by atoms with E-state index in [4.69, 9.17) is 4.74 Å². The van der Waals surface area contributed by atoms with Crippen molar-refractivity contribution in [2.24, 2.45) is 5.41 Å². The predicted molar refractivity (Wildman–Crippen MR) is 86.5 cm³/mol. The minimum atomic E-state index is -0.00954. The molecule has 1 aromatic carbocycles. The Kier molecular flexibility index (Phi) is 5.80. The van der Waals surface area contributed by atoms with E-state index in [1.807, 2.05) is 0 Å². The summed E-state index contributed by atoms with van der Waals surface area (Å²) in [5, 5.41) is 13.3. The summed E-state index contributed by atoms with van der Waals surface area (Å²) in [5.74, 6) is 0.571. The summed E-state index contributed by atoms with van der Waals surface area (Å²) in [6.07, 6.45) is 1.88. The number of aliphatic hydroxyl groups is 1. The van der Waals surface area contributed by atoms with E-state index >= 15 is 0 Å². The van der Waals surface area contributed by atoms with Crippen molar-refractivity contribution in [2.75, 3.05) is 26.4 Å². The second kappa shape index (κ2) is 7.39. The van der Waals surface area contributed by atoms with Crippen molar-refractivity contribution in [1.29, 1.82) is 0 Å². The van der Waals surface area contributed by atoms with E-state index in [0.29, 0.717) is 12.0 Å². The van der Waals surface area contributed by atoms with Crippen LogP contribution in [0.3, 0.4) is 0 Å². The molecular weight excluding hydrogens is 262 g/mol. The van der Waals surface area contributed by atoms with Crippen molar-refractivity contribution in [2.45, 2.75) is 45.6 Å². The molecule has 0 aliphatic carbocycles. The van der Waals surface area contributed by atoms with Gasteiger partial charge in [0.1, 0.15) is 0 Å². The molecule has 0 spiro atoms. The number of rotatable bonds is 6. The highest BCUT2D eigenvalue weighted by atomic mass is 16.5. The van der Waals surface area contributed by atoms with Gasteiger partial charge >= 0.3 is 0 Å². The lowest BCUT2D eigenvalue weighted by Gasteiger charge is -2.36. The summed E-state index contributed by atoms with van der Waals surface area (Å²) in [4.78, 5) is 0. The molecule has 1 aliphatic heterocycles. The average Bonchev–Trinajstić information content (AvgIpc) is 2.53. The Morgan fingerprint density at radius 3 is 2.19 bits per heavy atom. The zero-order valence-corrected chi connectivity index (χ0v) is 13.6. The van der Waals surface area contributed by atoms with Crippen LogP contribution in [-0.4, -0.2) is 31.5 Å². The maximum Gasteiger partial charge on any atom is 0.0501 e. The molecule has 0 radical (unpaired) electrons. The lowest BCUT2D eigenvalue weighted by atomic mass is 9.80. The van der Waals surface area contributed by atoms with Gasteiger partial charge in [-0.2, -0.15) is 0 Å². The molecule has 1 atom stereocenters. The summed E-state index contributed by atoms with van der Waals surface area (Å²) in [7, 11) is 0. The van der Waals surface area contributed by atoms with Crippen LogP contribution in [0.25, 0.3) is 0 Å². The standard InChI is InChI=1S/C18H29NO2/c1-14(2)16-4-6-17(7-5-16)15(3)19-12-18(13-20)8-10-21-11-9-18/h4-7,14-15,19-20H,8-13H2,1-3H3. The molecule has 3 nitrogen and oxygen atoms in total. The molecule has 1 aromatic rings. The van der Waals surface area contributed by atoms with Crippen molar-refractivity contribution in [1.82, 2.24) is 5.32 Å². The van der Waals surface area contributed by atoms with Gasteiger partial charge in [0.15, 0.2) is 0 Å². The normalized spacial score (nSPS) is 19.7. The second-order valence-corrected chi connectivity index (χ2v) is 6.69. The van der Waals surface area contributed by atoms with E-state index in [9.17, 15) is 5.11 Å². The molecule has 1 unspecified atom stereocenters. The van der Waals surface area contributed by atoms with Gasteiger partial charge < -0.3 is 15.2 Å². The minimum absolute atomic E-state index is 0.00954. The predicted octanol–water partition coefficient (Wildman–Crippen LogP) is 3.25. The molecule has 3 heteroatoms. The quantitative estimate of drug-likeness (QED) is 0.845. The highest BCUT2D eigenvalue weighted by molar-refractivity contribution is 5.26. The maximum absolute atomic E-state index is 9.73. The summed E-state index contributed by atoms with van der Waals surface area (Å²) in [6, 6.07) is 9.16. The molecule has 1 saturated heterocycles. The molecule has 0 bridgehead atoms. The van der Waals surface area contributed by atoms with Gasteiger partial charge in [-0.3, -0.25) is 0 Å². The number of ether oxygens (including phenoxy) is 1. The van der Waals surface area contributed by atoms with Crippen LogP contribution >= 0.6 is 0 Å². The van der Waals surface area contributed by atoms with Gasteiger partial charge in [0.05, 0.1) is 6.61 Å². The summed E-state index contributed by atoms with van der Waals surface area (Å²) < 4.78 is 5.41. The average molecular weight is 291 g/mol. The van der Waals surface area contributed by atoms with Crippen molar-refractivity contribution < 1.29 is 9.84 Å². The van der Waals surface area contributed by atoms with Gasteiger partial charge in [-0.15, -0.1) is 0 Å². The summed E-state index contributed by atoms with van der Waals surface area (Å²) in [5.41, 5.74) is 2.67. The van der Waals surface area contributed by atoms with Crippen LogP contribution in [-0.2, 0) is 4.74 Å². The Labute approximate surface area is 128 Å². The highest BCUT2D eigenvalue weighted by Gasteiger charge is 2.32. The van der Waals surface area contributed by atoms with Gasteiger partial charge in [-0.05, 0) is 36.8 Å². The fourth-order valence-corrected chi connectivity index (χ4v) is 2.85. The molecule has 1 aliphatic rings. The molecule has 0 aromatic heterocycles. The first-order valence-electron chi connectivity index (χ1n) is 8.08. The molecule has 2 N–H and O–H groups in total. The third-order valence-corrected chi connectivity index (χ3v) is 4.78. The Balaban J connectivity index is 1.92. The van der Waals surface area contributed by atoms with Crippen molar-refractivity contribution in [3.05, 3.63) is 35.4 Å². The second-order valence-electron chi connectivity index (χ2n) is 6.69. The van der Waals surface area contributed by atoms with E-state index in [1.54, 1.807) is 0 Å². The van der Waals surface area contributed by atoms with Crippen LogP contribution < -0.4 is 5.32 Å². The largest absolute Gasteiger partial charge is 0.396 e. The van der Waals surface area contributed by atoms with Crippen LogP contribution in [0.2, 0.25) is 0 Å². The molecule has 1 fully saturated rings. The number of hydrogen-bond acceptors (Lipinski definition) is 3. The Morgan fingerprint density at radius 1 is 1.10 bits per heavy atom. The van der Waals surface area contributed by atoms with Gasteiger partial charge in [0, 0.05) is 31.2 Å². The smallest absolute Gasteiger partial charge is 0.0501 e. The Hall–Kier alpha value is -0.900. The number of nitrogens with one attached hydrogen (secondary N) is 1. The SMILES string of the molecule is CC(C)c1ccc(C(C)NCC2(CO)CCOCC2)cc1. The third-order valence-electron chi connectivity index (χ3n) is 4.78. The zero-order valence-electron chi connectivity index (χ0n) is 13.6. The van der Waals surface area contributed by atoms with E-state index < -0.39 is 0 Å². The first-order chi connectivity index (χ1) is 10.1. The Bertz CT molecular complexity index is 421. The summed E-state index contributed by atoms with van der Waals surface area (Å²) in [6.45, 7) is 9.23. The fraction of sp³-hybridized carbons (Fsp3) is 0.667. The van der Waals surface area contributed by atoms with E-state index in [1.165, 1.54) is 11.1 Å². The van der Waals surface area contributed by atoms with Crippen LogP contribution in [0.1, 0.15) is 56.7 Å². The monoisotopic (exact) mass is 291 g/mol. The zero-order chi connectivity index (χ0) is 15.3. The van der Waals surface area contributed by atoms with Crippen LogP contribution in [0.5, 0.6) is 0 Å². The first-order valence-corrected chi connectivity index (χ1v) is 8.08. The van der Waals surface area contributed by atoms with Crippen LogP contribution in [0.15, 0.2) is 24.3 Å². The molecule has 2 rings (SSSR count). The topological polar surface area (TPSA) is 41.5 Å². The first kappa shape index (κ1) is 16.5. The van der Waals surface area contributed by atoms with E-state index in [0.717, 1.165) is 32.6 Å².